The highest BCUT2D eigenvalue weighted by Crippen LogP contribution is 2.38. The molecule has 0 radical (unpaired) electrons. The number of alkyl halides is 3. The first-order valence-corrected chi connectivity index (χ1v) is 5.79. The summed E-state index contributed by atoms with van der Waals surface area (Å²) in [4.78, 5) is 0. The van der Waals surface area contributed by atoms with Crippen LogP contribution in [0.15, 0.2) is 24.3 Å². The molecule has 2 nitrogen and oxygen atoms in total. The third kappa shape index (κ3) is 3.03. The highest BCUT2D eigenvalue weighted by atomic mass is 19.4. The van der Waals surface area contributed by atoms with Gasteiger partial charge in [-0.1, -0.05) is 38.1 Å². The van der Waals surface area contributed by atoms with E-state index in [0.29, 0.717) is 12.3 Å². The summed E-state index contributed by atoms with van der Waals surface area (Å²) in [6, 6.07) is 5.89. The zero-order valence-electron chi connectivity index (χ0n) is 10.5. The van der Waals surface area contributed by atoms with E-state index in [1.165, 1.54) is 18.2 Å². The molecule has 102 valence electrons. The van der Waals surface area contributed by atoms with Crippen molar-refractivity contribution in [3.8, 4) is 0 Å². The van der Waals surface area contributed by atoms with Gasteiger partial charge in [0.25, 0.3) is 0 Å². The molecule has 1 atom stereocenters. The molecule has 0 aliphatic carbocycles. The van der Waals surface area contributed by atoms with Gasteiger partial charge in [-0.3, -0.25) is 0 Å². The molecule has 0 fully saturated rings. The van der Waals surface area contributed by atoms with Gasteiger partial charge in [-0.25, -0.2) is 0 Å². The van der Waals surface area contributed by atoms with E-state index in [4.69, 9.17) is 5.73 Å². The van der Waals surface area contributed by atoms with Crippen LogP contribution in [0.5, 0.6) is 0 Å². The Balaban J connectivity index is 3.15. The number of hydrogen-bond acceptors (Lipinski definition) is 2. The molecule has 0 spiro atoms. The Morgan fingerprint density at radius 1 is 1.28 bits per heavy atom. The van der Waals surface area contributed by atoms with E-state index in [-0.39, 0.29) is 5.56 Å². The maximum atomic E-state index is 12.9. The average molecular weight is 261 g/mol. The second-order valence-corrected chi connectivity index (χ2v) is 4.86. The first-order valence-electron chi connectivity index (χ1n) is 5.79. The molecule has 0 aliphatic heterocycles. The van der Waals surface area contributed by atoms with E-state index >= 15 is 0 Å². The van der Waals surface area contributed by atoms with Crippen molar-refractivity contribution in [2.75, 3.05) is 6.54 Å². The van der Waals surface area contributed by atoms with Crippen molar-refractivity contribution < 1.29 is 18.3 Å². The Labute approximate surface area is 105 Å². The lowest BCUT2D eigenvalue weighted by molar-refractivity contribution is -0.262. The van der Waals surface area contributed by atoms with Crippen LogP contribution in [0.3, 0.4) is 0 Å². The fourth-order valence-corrected chi connectivity index (χ4v) is 1.82. The van der Waals surface area contributed by atoms with Crippen molar-refractivity contribution in [2.24, 2.45) is 11.7 Å². The van der Waals surface area contributed by atoms with E-state index < -0.39 is 18.3 Å². The van der Waals surface area contributed by atoms with E-state index in [0.717, 1.165) is 5.56 Å². The first-order chi connectivity index (χ1) is 8.20. The van der Waals surface area contributed by atoms with Crippen LogP contribution in [-0.2, 0) is 12.0 Å². The summed E-state index contributed by atoms with van der Waals surface area (Å²) >= 11 is 0. The fourth-order valence-electron chi connectivity index (χ4n) is 1.82. The van der Waals surface area contributed by atoms with E-state index in [2.05, 4.69) is 0 Å². The first kappa shape index (κ1) is 15.0. The SMILES string of the molecule is CC(C)Cc1cccc(C(O)(CN)C(F)(F)F)c1. The second-order valence-electron chi connectivity index (χ2n) is 4.86. The molecule has 0 aromatic heterocycles. The van der Waals surface area contributed by atoms with Gasteiger partial charge in [-0.2, -0.15) is 13.2 Å². The minimum Gasteiger partial charge on any atom is -0.375 e. The Kier molecular flexibility index (Phi) is 4.40. The van der Waals surface area contributed by atoms with Gasteiger partial charge in [0.05, 0.1) is 0 Å². The normalized spacial score (nSPS) is 15.8. The van der Waals surface area contributed by atoms with Crippen LogP contribution in [0.1, 0.15) is 25.0 Å². The lowest BCUT2D eigenvalue weighted by Crippen LogP contribution is -2.48. The summed E-state index contributed by atoms with van der Waals surface area (Å²) in [5, 5.41) is 9.74. The van der Waals surface area contributed by atoms with Crippen LogP contribution in [-0.4, -0.2) is 17.8 Å². The summed E-state index contributed by atoms with van der Waals surface area (Å²) in [6.07, 6.45) is -4.12. The number of rotatable bonds is 4. The van der Waals surface area contributed by atoms with E-state index in [1.807, 2.05) is 13.8 Å². The molecule has 1 aromatic carbocycles. The third-order valence-corrected chi connectivity index (χ3v) is 2.81. The number of aliphatic hydroxyl groups is 1. The molecule has 18 heavy (non-hydrogen) atoms. The van der Waals surface area contributed by atoms with Gasteiger partial charge < -0.3 is 10.8 Å². The van der Waals surface area contributed by atoms with Gasteiger partial charge in [0.2, 0.25) is 0 Å². The number of benzene rings is 1. The van der Waals surface area contributed by atoms with Crippen molar-refractivity contribution in [1.29, 1.82) is 0 Å². The molecule has 0 bridgehead atoms. The third-order valence-electron chi connectivity index (χ3n) is 2.81. The lowest BCUT2D eigenvalue weighted by Gasteiger charge is -2.29. The number of halogens is 3. The molecular formula is C13H18F3NO. The molecule has 0 heterocycles. The molecular weight excluding hydrogens is 243 g/mol. The summed E-state index contributed by atoms with van der Waals surface area (Å²) in [5.41, 5.74) is 2.70. The van der Waals surface area contributed by atoms with E-state index in [9.17, 15) is 18.3 Å². The Bertz CT molecular complexity index is 403. The van der Waals surface area contributed by atoms with Crippen molar-refractivity contribution in [1.82, 2.24) is 0 Å². The van der Waals surface area contributed by atoms with Gasteiger partial charge in [0, 0.05) is 6.54 Å². The van der Waals surface area contributed by atoms with Crippen molar-refractivity contribution in [3.63, 3.8) is 0 Å². The van der Waals surface area contributed by atoms with Gasteiger partial charge in [-0.15, -0.1) is 0 Å². The van der Waals surface area contributed by atoms with Gasteiger partial charge in [0.15, 0.2) is 5.60 Å². The zero-order valence-corrected chi connectivity index (χ0v) is 10.5. The summed E-state index contributed by atoms with van der Waals surface area (Å²) in [5.74, 6) is 0.331. The predicted octanol–water partition coefficient (Wildman–Crippen LogP) is 2.59. The van der Waals surface area contributed by atoms with Crippen LogP contribution in [0, 0.1) is 5.92 Å². The smallest absolute Gasteiger partial charge is 0.375 e. The predicted molar refractivity (Wildman–Crippen MR) is 64.0 cm³/mol. The van der Waals surface area contributed by atoms with Gasteiger partial charge in [-0.05, 0) is 23.5 Å². The zero-order chi connectivity index (χ0) is 14.0. The molecule has 0 saturated heterocycles. The monoisotopic (exact) mass is 261 g/mol. The number of hydrogen-bond donors (Lipinski definition) is 2. The van der Waals surface area contributed by atoms with Crippen molar-refractivity contribution in [3.05, 3.63) is 35.4 Å². The van der Waals surface area contributed by atoms with Gasteiger partial charge in [0.1, 0.15) is 0 Å². The summed E-state index contributed by atoms with van der Waals surface area (Å²) in [6.45, 7) is 3.07. The number of nitrogens with two attached hydrogens (primary N) is 1. The van der Waals surface area contributed by atoms with Crippen LogP contribution in [0.25, 0.3) is 0 Å². The lowest BCUT2D eigenvalue weighted by atomic mass is 9.90. The van der Waals surface area contributed by atoms with Crippen LogP contribution < -0.4 is 5.73 Å². The maximum absolute atomic E-state index is 12.9. The second kappa shape index (κ2) is 5.28. The standard InChI is InChI=1S/C13H18F3NO/c1-9(2)6-10-4-3-5-11(7-10)12(18,8-17)13(14,15)16/h3-5,7,9,18H,6,8,17H2,1-2H3. The summed E-state index contributed by atoms with van der Waals surface area (Å²) < 4.78 is 38.6. The summed E-state index contributed by atoms with van der Waals surface area (Å²) in [7, 11) is 0. The Morgan fingerprint density at radius 2 is 1.89 bits per heavy atom. The molecule has 1 rings (SSSR count). The maximum Gasteiger partial charge on any atom is 0.422 e. The highest BCUT2D eigenvalue weighted by Gasteiger charge is 2.54. The fraction of sp³-hybridized carbons (Fsp3) is 0.538. The van der Waals surface area contributed by atoms with E-state index in [1.54, 1.807) is 6.07 Å². The molecule has 1 unspecified atom stereocenters. The molecule has 5 heteroatoms. The minimum atomic E-state index is -4.78. The Hall–Kier alpha value is -1.07. The minimum absolute atomic E-state index is 0.198. The molecule has 0 aliphatic rings. The van der Waals surface area contributed by atoms with Crippen molar-refractivity contribution in [2.45, 2.75) is 32.0 Å². The largest absolute Gasteiger partial charge is 0.422 e. The molecule has 0 amide bonds. The van der Waals surface area contributed by atoms with Gasteiger partial charge >= 0.3 is 6.18 Å². The topological polar surface area (TPSA) is 46.2 Å². The van der Waals surface area contributed by atoms with Crippen molar-refractivity contribution >= 4 is 0 Å². The van der Waals surface area contributed by atoms with Crippen LogP contribution >= 0.6 is 0 Å². The average Bonchev–Trinajstić information content (AvgIpc) is 2.25. The molecule has 3 N–H and O–H groups in total. The molecule has 0 saturated carbocycles. The van der Waals surface area contributed by atoms with Crippen LogP contribution in [0.2, 0.25) is 0 Å². The Morgan fingerprint density at radius 3 is 2.33 bits per heavy atom. The quantitative estimate of drug-likeness (QED) is 0.875. The van der Waals surface area contributed by atoms with Crippen LogP contribution in [0.4, 0.5) is 13.2 Å². The highest BCUT2D eigenvalue weighted by molar-refractivity contribution is 5.30. The molecule has 1 aromatic rings.